The number of hydrogen-bond donors (Lipinski definition) is 0. The summed E-state index contributed by atoms with van der Waals surface area (Å²) in [6.45, 7) is 6.95. The Morgan fingerprint density at radius 2 is 2.27 bits per heavy atom. The number of furan rings is 1. The van der Waals surface area contributed by atoms with Crippen LogP contribution in [0.1, 0.15) is 45.8 Å². The van der Waals surface area contributed by atoms with Crippen LogP contribution in [-0.2, 0) is 5.41 Å². The van der Waals surface area contributed by atoms with Crippen LogP contribution in [0.4, 0.5) is 0 Å². The van der Waals surface area contributed by atoms with E-state index in [1.165, 1.54) is 12.8 Å². The van der Waals surface area contributed by atoms with Crippen molar-refractivity contribution in [3.63, 3.8) is 0 Å². The molecule has 1 radical (unpaired) electrons. The van der Waals surface area contributed by atoms with E-state index < -0.39 is 0 Å². The van der Waals surface area contributed by atoms with Gasteiger partial charge in [-0.15, -0.1) is 0 Å². The highest BCUT2D eigenvalue weighted by Gasteiger charge is 2.35. The molecule has 0 aliphatic heterocycles. The van der Waals surface area contributed by atoms with Crippen LogP contribution in [0.15, 0.2) is 22.8 Å². The molecule has 1 saturated carbocycles. The molecule has 0 N–H and O–H groups in total. The summed E-state index contributed by atoms with van der Waals surface area (Å²) in [5.41, 5.74) is 0.245. The van der Waals surface area contributed by atoms with Gasteiger partial charge in [0.2, 0.25) is 0 Å². The van der Waals surface area contributed by atoms with Gasteiger partial charge in [-0.1, -0.05) is 20.8 Å². The average Bonchev–Trinajstić information content (AvgIpc) is 2.71. The Hall–Kier alpha value is -0.720. The van der Waals surface area contributed by atoms with E-state index in [2.05, 4.69) is 33.3 Å². The molecule has 1 heterocycles. The highest BCUT2D eigenvalue weighted by atomic mass is 16.3. The molecule has 15 heavy (non-hydrogen) atoms. The minimum Gasteiger partial charge on any atom is -0.469 e. The monoisotopic (exact) mass is 205 g/mol. The summed E-state index contributed by atoms with van der Waals surface area (Å²) in [4.78, 5) is 0. The van der Waals surface area contributed by atoms with Crippen molar-refractivity contribution < 1.29 is 4.42 Å². The molecule has 0 bridgehead atoms. The molecule has 1 fully saturated rings. The molecule has 0 amide bonds. The molecule has 1 heteroatoms. The molecule has 2 rings (SSSR count). The van der Waals surface area contributed by atoms with Crippen molar-refractivity contribution >= 4 is 0 Å². The molecule has 2 atom stereocenters. The van der Waals surface area contributed by atoms with Crippen molar-refractivity contribution in [1.82, 2.24) is 0 Å². The first-order chi connectivity index (χ1) is 7.12. The summed E-state index contributed by atoms with van der Waals surface area (Å²) >= 11 is 0. The van der Waals surface area contributed by atoms with E-state index in [0.29, 0.717) is 0 Å². The summed E-state index contributed by atoms with van der Waals surface area (Å²) in [6.07, 6.45) is 7.99. The normalized spacial score (nSPS) is 32.1. The second-order valence-corrected chi connectivity index (χ2v) is 5.42. The predicted molar refractivity (Wildman–Crippen MR) is 62.5 cm³/mol. The maximum atomic E-state index is 5.55. The Morgan fingerprint density at radius 3 is 2.73 bits per heavy atom. The maximum Gasteiger partial charge on any atom is 0.109 e. The molecular weight excluding hydrogens is 184 g/mol. The van der Waals surface area contributed by atoms with Crippen molar-refractivity contribution in [2.75, 3.05) is 0 Å². The van der Waals surface area contributed by atoms with Crippen LogP contribution in [0.3, 0.4) is 0 Å². The molecular formula is C14H21O. The first kappa shape index (κ1) is 10.8. The molecule has 83 valence electrons. The predicted octanol–water partition coefficient (Wildman–Crippen LogP) is 4.20. The van der Waals surface area contributed by atoms with E-state index in [-0.39, 0.29) is 5.41 Å². The van der Waals surface area contributed by atoms with E-state index >= 15 is 0 Å². The number of rotatable bonds is 2. The van der Waals surface area contributed by atoms with Gasteiger partial charge in [0.25, 0.3) is 0 Å². The van der Waals surface area contributed by atoms with Crippen LogP contribution < -0.4 is 0 Å². The fourth-order valence-corrected chi connectivity index (χ4v) is 2.57. The number of hydrogen-bond acceptors (Lipinski definition) is 1. The molecule has 2 unspecified atom stereocenters. The Balaban J connectivity index is 2.03. The highest BCUT2D eigenvalue weighted by molar-refractivity contribution is 5.16. The molecule has 0 saturated heterocycles. The standard InChI is InChI=1S/C14H21O/c1-11(2)12-6-8-14(3,9-7-12)13-5-4-10-15-13/h4-6,10-12H,7-9H2,1-3H3. The molecule has 1 aromatic rings. The van der Waals surface area contributed by atoms with Crippen molar-refractivity contribution in [2.45, 2.75) is 45.4 Å². The molecule has 0 aromatic carbocycles. The summed E-state index contributed by atoms with van der Waals surface area (Å²) in [7, 11) is 0. The zero-order chi connectivity index (χ0) is 10.9. The maximum absolute atomic E-state index is 5.55. The van der Waals surface area contributed by atoms with Crippen LogP contribution in [-0.4, -0.2) is 0 Å². The van der Waals surface area contributed by atoms with Gasteiger partial charge >= 0.3 is 0 Å². The lowest BCUT2D eigenvalue weighted by molar-refractivity contribution is 0.236. The lowest BCUT2D eigenvalue weighted by Gasteiger charge is -2.37. The smallest absolute Gasteiger partial charge is 0.109 e. The summed E-state index contributed by atoms with van der Waals surface area (Å²) < 4.78 is 5.55. The van der Waals surface area contributed by atoms with Gasteiger partial charge in [-0.3, -0.25) is 0 Å². The van der Waals surface area contributed by atoms with Gasteiger partial charge in [-0.05, 0) is 49.7 Å². The van der Waals surface area contributed by atoms with Gasteiger partial charge in [0, 0.05) is 5.41 Å². The Labute approximate surface area is 92.9 Å². The van der Waals surface area contributed by atoms with Crippen LogP contribution in [0.5, 0.6) is 0 Å². The first-order valence-corrected chi connectivity index (χ1v) is 5.99. The van der Waals surface area contributed by atoms with Crippen LogP contribution in [0.25, 0.3) is 0 Å². The van der Waals surface area contributed by atoms with E-state index in [4.69, 9.17) is 4.42 Å². The lowest BCUT2D eigenvalue weighted by Crippen LogP contribution is -2.30. The second kappa shape index (κ2) is 4.03. The Bertz CT molecular complexity index is 289. The highest BCUT2D eigenvalue weighted by Crippen LogP contribution is 2.42. The van der Waals surface area contributed by atoms with Crippen molar-refractivity contribution in [3.8, 4) is 0 Å². The third kappa shape index (κ3) is 2.11. The fourth-order valence-electron chi connectivity index (χ4n) is 2.57. The molecule has 1 aliphatic carbocycles. The molecule has 1 aliphatic rings. The van der Waals surface area contributed by atoms with Gasteiger partial charge in [-0.25, -0.2) is 0 Å². The van der Waals surface area contributed by atoms with Crippen molar-refractivity contribution in [2.24, 2.45) is 11.8 Å². The third-order valence-corrected chi connectivity index (χ3v) is 3.87. The third-order valence-electron chi connectivity index (χ3n) is 3.87. The van der Waals surface area contributed by atoms with Crippen LogP contribution in [0, 0.1) is 18.3 Å². The van der Waals surface area contributed by atoms with E-state index in [9.17, 15) is 0 Å². The van der Waals surface area contributed by atoms with Gasteiger partial charge in [0.1, 0.15) is 5.76 Å². The second-order valence-electron chi connectivity index (χ2n) is 5.42. The quantitative estimate of drug-likeness (QED) is 0.705. The SMILES string of the molecule is CC(C)C1[CH]CC(C)(c2ccco2)CC1. The molecule has 1 aromatic heterocycles. The Morgan fingerprint density at radius 1 is 1.47 bits per heavy atom. The van der Waals surface area contributed by atoms with Gasteiger partial charge in [0.05, 0.1) is 6.26 Å². The van der Waals surface area contributed by atoms with Gasteiger partial charge < -0.3 is 4.42 Å². The summed E-state index contributed by atoms with van der Waals surface area (Å²) in [5.74, 6) is 2.74. The van der Waals surface area contributed by atoms with Crippen LogP contribution >= 0.6 is 0 Å². The molecule has 0 spiro atoms. The van der Waals surface area contributed by atoms with Gasteiger partial charge in [0.15, 0.2) is 0 Å². The summed E-state index contributed by atoms with van der Waals surface area (Å²) in [5, 5.41) is 0. The average molecular weight is 205 g/mol. The summed E-state index contributed by atoms with van der Waals surface area (Å²) in [6, 6.07) is 4.11. The lowest BCUT2D eigenvalue weighted by atomic mass is 9.68. The van der Waals surface area contributed by atoms with Crippen molar-refractivity contribution in [1.29, 1.82) is 0 Å². The zero-order valence-corrected chi connectivity index (χ0v) is 9.99. The zero-order valence-electron chi connectivity index (χ0n) is 9.99. The minimum atomic E-state index is 0.245. The van der Waals surface area contributed by atoms with Crippen LogP contribution in [0.2, 0.25) is 0 Å². The van der Waals surface area contributed by atoms with E-state index in [1.54, 1.807) is 6.26 Å². The molecule has 1 nitrogen and oxygen atoms in total. The van der Waals surface area contributed by atoms with E-state index in [1.807, 2.05) is 6.07 Å². The Kier molecular flexibility index (Phi) is 2.90. The van der Waals surface area contributed by atoms with E-state index in [0.717, 1.165) is 24.0 Å². The van der Waals surface area contributed by atoms with Gasteiger partial charge in [-0.2, -0.15) is 0 Å². The minimum absolute atomic E-state index is 0.245. The van der Waals surface area contributed by atoms with Crippen molar-refractivity contribution in [3.05, 3.63) is 30.6 Å². The topological polar surface area (TPSA) is 13.1 Å². The largest absolute Gasteiger partial charge is 0.469 e. The first-order valence-electron chi connectivity index (χ1n) is 5.99. The fraction of sp³-hybridized carbons (Fsp3) is 0.643.